The van der Waals surface area contributed by atoms with Crippen LogP contribution in [0.4, 0.5) is 0 Å². The summed E-state index contributed by atoms with van der Waals surface area (Å²) < 4.78 is 0. The van der Waals surface area contributed by atoms with Crippen LogP contribution in [-0.4, -0.2) is 15.1 Å². The number of aromatic nitrogens is 2. The van der Waals surface area contributed by atoms with Crippen LogP contribution in [0.2, 0.25) is 0 Å². The zero-order chi connectivity index (χ0) is 17.6. The third kappa shape index (κ3) is 2.71. The fraction of sp³-hybridized carbons (Fsp3) is 0.455. The number of benzene rings is 1. The van der Waals surface area contributed by atoms with Crippen LogP contribution < -0.4 is 0 Å². The topological polar surface area (TPSA) is 46.0 Å². The lowest BCUT2D eigenvalue weighted by Crippen LogP contribution is -2.43. The number of aliphatic hydroxyl groups is 1. The van der Waals surface area contributed by atoms with E-state index in [0.717, 1.165) is 40.3 Å². The molecule has 3 heteroatoms. The molecule has 2 heterocycles. The maximum absolute atomic E-state index is 11.7. The summed E-state index contributed by atoms with van der Waals surface area (Å²) in [5.74, 6) is 1.19. The molecule has 4 rings (SSSR count). The van der Waals surface area contributed by atoms with Gasteiger partial charge in [-0.3, -0.25) is 4.98 Å². The number of pyridine rings is 2. The summed E-state index contributed by atoms with van der Waals surface area (Å²) in [5.41, 5.74) is 1.76. The minimum atomic E-state index is -0.850. The average molecular weight is 334 g/mol. The molecular formula is C22H26N2O. The predicted molar refractivity (Wildman–Crippen MR) is 102 cm³/mol. The van der Waals surface area contributed by atoms with Gasteiger partial charge in [0.05, 0.1) is 16.7 Å². The van der Waals surface area contributed by atoms with E-state index in [1.54, 1.807) is 0 Å². The molecule has 2 aromatic heterocycles. The molecule has 0 saturated heterocycles. The van der Waals surface area contributed by atoms with E-state index in [1.165, 1.54) is 6.42 Å². The van der Waals surface area contributed by atoms with Gasteiger partial charge in [-0.05, 0) is 42.7 Å². The fourth-order valence-corrected chi connectivity index (χ4v) is 4.63. The maximum Gasteiger partial charge on any atom is 0.110 e. The molecular weight excluding hydrogens is 308 g/mol. The van der Waals surface area contributed by atoms with Crippen molar-refractivity contribution in [1.29, 1.82) is 0 Å². The second-order valence-corrected chi connectivity index (χ2v) is 8.07. The lowest BCUT2D eigenvalue weighted by atomic mass is 9.65. The van der Waals surface area contributed by atoms with E-state index in [0.29, 0.717) is 11.8 Å². The number of rotatable bonds is 2. The SMILES string of the molecule is CC(C)[C@@H]1CC[C@@H](C)C[C@@]1(O)c1ccc2ccc3cccnc3c2n1. The summed E-state index contributed by atoms with van der Waals surface area (Å²) in [6.45, 7) is 6.66. The first-order chi connectivity index (χ1) is 12.0. The number of hydrogen-bond acceptors (Lipinski definition) is 3. The van der Waals surface area contributed by atoms with E-state index in [1.807, 2.05) is 18.3 Å². The molecule has 1 aliphatic rings. The molecule has 1 N–H and O–H groups in total. The van der Waals surface area contributed by atoms with E-state index < -0.39 is 5.60 Å². The summed E-state index contributed by atoms with van der Waals surface area (Å²) in [5, 5.41) is 13.9. The first-order valence-electron chi connectivity index (χ1n) is 9.36. The van der Waals surface area contributed by atoms with Crippen molar-refractivity contribution >= 4 is 21.8 Å². The Kier molecular flexibility index (Phi) is 3.99. The summed E-state index contributed by atoms with van der Waals surface area (Å²) in [6.07, 6.45) is 4.84. The molecule has 0 amide bonds. The van der Waals surface area contributed by atoms with Gasteiger partial charge in [0, 0.05) is 17.0 Å². The smallest absolute Gasteiger partial charge is 0.110 e. The van der Waals surface area contributed by atoms with Crippen molar-refractivity contribution in [3.8, 4) is 0 Å². The molecule has 1 fully saturated rings. The maximum atomic E-state index is 11.7. The molecule has 0 bridgehead atoms. The second kappa shape index (κ2) is 6.06. The van der Waals surface area contributed by atoms with Gasteiger partial charge in [-0.1, -0.05) is 51.5 Å². The van der Waals surface area contributed by atoms with Crippen LogP contribution >= 0.6 is 0 Å². The molecule has 1 aliphatic carbocycles. The highest BCUT2D eigenvalue weighted by atomic mass is 16.3. The molecule has 0 spiro atoms. The molecule has 1 aromatic carbocycles. The quantitative estimate of drug-likeness (QED) is 0.666. The summed E-state index contributed by atoms with van der Waals surface area (Å²) in [7, 11) is 0. The Bertz CT molecular complexity index is 920. The van der Waals surface area contributed by atoms with Gasteiger partial charge in [-0.25, -0.2) is 4.98 Å². The molecule has 25 heavy (non-hydrogen) atoms. The van der Waals surface area contributed by atoms with Gasteiger partial charge >= 0.3 is 0 Å². The minimum Gasteiger partial charge on any atom is -0.383 e. The first-order valence-corrected chi connectivity index (χ1v) is 9.36. The Morgan fingerprint density at radius 2 is 1.76 bits per heavy atom. The van der Waals surface area contributed by atoms with Crippen molar-refractivity contribution in [3.63, 3.8) is 0 Å². The number of nitrogens with zero attached hydrogens (tertiary/aromatic N) is 2. The molecule has 1 saturated carbocycles. The molecule has 0 unspecified atom stereocenters. The van der Waals surface area contributed by atoms with Crippen LogP contribution in [0.15, 0.2) is 42.6 Å². The van der Waals surface area contributed by atoms with Crippen LogP contribution in [-0.2, 0) is 5.60 Å². The van der Waals surface area contributed by atoms with Crippen LogP contribution in [0, 0.1) is 17.8 Å². The highest BCUT2D eigenvalue weighted by Gasteiger charge is 2.45. The van der Waals surface area contributed by atoms with E-state index >= 15 is 0 Å². The normalized spacial score (nSPS) is 27.2. The van der Waals surface area contributed by atoms with E-state index in [4.69, 9.17) is 4.98 Å². The van der Waals surface area contributed by atoms with E-state index in [9.17, 15) is 5.11 Å². The molecule has 130 valence electrons. The Labute approximate surface area is 149 Å². The van der Waals surface area contributed by atoms with Crippen molar-refractivity contribution < 1.29 is 5.11 Å². The largest absolute Gasteiger partial charge is 0.383 e. The Hall–Kier alpha value is -2.00. The Morgan fingerprint density at radius 1 is 1.04 bits per heavy atom. The van der Waals surface area contributed by atoms with Crippen molar-refractivity contribution in [3.05, 3.63) is 48.3 Å². The van der Waals surface area contributed by atoms with Gasteiger partial charge in [0.25, 0.3) is 0 Å². The predicted octanol–water partition coefficient (Wildman–Crippen LogP) is 5.06. The third-order valence-corrected chi connectivity index (χ3v) is 5.92. The summed E-state index contributed by atoms with van der Waals surface area (Å²) in [6, 6.07) is 12.3. The number of fused-ring (bicyclic) bond motifs is 3. The summed E-state index contributed by atoms with van der Waals surface area (Å²) >= 11 is 0. The Balaban J connectivity index is 1.91. The zero-order valence-corrected chi connectivity index (χ0v) is 15.2. The van der Waals surface area contributed by atoms with E-state index in [-0.39, 0.29) is 5.92 Å². The monoisotopic (exact) mass is 334 g/mol. The average Bonchev–Trinajstić information content (AvgIpc) is 2.60. The van der Waals surface area contributed by atoms with Gasteiger partial charge in [-0.2, -0.15) is 0 Å². The van der Waals surface area contributed by atoms with Gasteiger partial charge in [0.15, 0.2) is 0 Å². The van der Waals surface area contributed by atoms with Gasteiger partial charge in [0.2, 0.25) is 0 Å². The van der Waals surface area contributed by atoms with Crippen LogP contribution in [0.25, 0.3) is 21.8 Å². The lowest BCUT2D eigenvalue weighted by Gasteiger charge is -2.44. The number of hydrogen-bond donors (Lipinski definition) is 1. The zero-order valence-electron chi connectivity index (χ0n) is 15.2. The molecule has 3 nitrogen and oxygen atoms in total. The van der Waals surface area contributed by atoms with Crippen molar-refractivity contribution in [2.45, 2.75) is 45.6 Å². The Morgan fingerprint density at radius 3 is 2.52 bits per heavy atom. The van der Waals surface area contributed by atoms with E-state index in [2.05, 4.69) is 50.0 Å². The highest BCUT2D eigenvalue weighted by molar-refractivity contribution is 6.02. The van der Waals surface area contributed by atoms with Gasteiger partial charge in [-0.15, -0.1) is 0 Å². The van der Waals surface area contributed by atoms with Crippen LogP contribution in [0.1, 0.15) is 45.7 Å². The third-order valence-electron chi connectivity index (χ3n) is 5.92. The van der Waals surface area contributed by atoms with Crippen molar-refractivity contribution in [2.24, 2.45) is 17.8 Å². The first kappa shape index (κ1) is 16.5. The molecule has 3 atom stereocenters. The molecule has 0 aliphatic heterocycles. The van der Waals surface area contributed by atoms with Gasteiger partial charge < -0.3 is 5.11 Å². The van der Waals surface area contributed by atoms with Crippen LogP contribution in [0.5, 0.6) is 0 Å². The highest BCUT2D eigenvalue weighted by Crippen LogP contribution is 2.47. The standard InChI is InChI=1S/C22H26N2O/c1-14(2)18-10-6-15(3)13-22(18,25)19-11-9-17-8-7-16-5-4-12-23-20(16)21(17)24-19/h4-5,7-9,11-12,14-15,18,25H,6,10,13H2,1-3H3/t15-,18+,22+/m1/s1. The summed E-state index contributed by atoms with van der Waals surface area (Å²) in [4.78, 5) is 9.50. The minimum absolute atomic E-state index is 0.247. The fourth-order valence-electron chi connectivity index (χ4n) is 4.63. The van der Waals surface area contributed by atoms with Crippen molar-refractivity contribution in [1.82, 2.24) is 9.97 Å². The van der Waals surface area contributed by atoms with Gasteiger partial charge in [0.1, 0.15) is 5.60 Å². The molecule has 0 radical (unpaired) electrons. The molecule has 3 aromatic rings. The van der Waals surface area contributed by atoms with Crippen molar-refractivity contribution in [2.75, 3.05) is 0 Å². The lowest BCUT2D eigenvalue weighted by molar-refractivity contribution is -0.0894. The van der Waals surface area contributed by atoms with Crippen LogP contribution in [0.3, 0.4) is 0 Å². The second-order valence-electron chi connectivity index (χ2n) is 8.07.